The van der Waals surface area contributed by atoms with Crippen molar-refractivity contribution in [2.75, 3.05) is 0 Å². The number of aromatic nitrogens is 2. The molecule has 0 atom stereocenters. The molecule has 0 fully saturated rings. The van der Waals surface area contributed by atoms with Gasteiger partial charge in [-0.2, -0.15) is 0 Å². The van der Waals surface area contributed by atoms with Gasteiger partial charge in [-0.25, -0.2) is 9.37 Å². The molecule has 2 aromatic rings. The standard InChI is InChI=1S/C15H18FN3/c16-13-7-11(8-17)5-6-12(13)9-19-10-18-14-3-1-2-4-15(14)19/h5-7,10H,1-4,8-9,17H2. The van der Waals surface area contributed by atoms with Crippen LogP contribution in [0.4, 0.5) is 4.39 Å². The predicted molar refractivity (Wildman–Crippen MR) is 72.3 cm³/mol. The van der Waals surface area contributed by atoms with Crippen LogP contribution in [0, 0.1) is 5.82 Å². The molecule has 3 nitrogen and oxygen atoms in total. The van der Waals surface area contributed by atoms with Gasteiger partial charge in [-0.15, -0.1) is 0 Å². The van der Waals surface area contributed by atoms with Gasteiger partial charge in [0.1, 0.15) is 5.82 Å². The van der Waals surface area contributed by atoms with E-state index in [2.05, 4.69) is 9.55 Å². The van der Waals surface area contributed by atoms with E-state index in [4.69, 9.17) is 5.73 Å². The maximum absolute atomic E-state index is 14.0. The summed E-state index contributed by atoms with van der Waals surface area (Å²) in [5.41, 5.74) is 9.50. The summed E-state index contributed by atoms with van der Waals surface area (Å²) in [6.45, 7) is 0.927. The van der Waals surface area contributed by atoms with Crippen LogP contribution in [-0.2, 0) is 25.9 Å². The topological polar surface area (TPSA) is 43.8 Å². The van der Waals surface area contributed by atoms with Crippen LogP contribution in [0.25, 0.3) is 0 Å². The fraction of sp³-hybridized carbons (Fsp3) is 0.400. The maximum atomic E-state index is 14.0. The Morgan fingerprint density at radius 3 is 2.89 bits per heavy atom. The SMILES string of the molecule is NCc1ccc(Cn2cnc3c2CCCC3)c(F)c1. The van der Waals surface area contributed by atoms with Crippen LogP contribution >= 0.6 is 0 Å². The smallest absolute Gasteiger partial charge is 0.128 e. The number of nitrogens with zero attached hydrogens (tertiary/aromatic N) is 2. The molecule has 0 spiro atoms. The van der Waals surface area contributed by atoms with E-state index in [1.165, 1.54) is 30.3 Å². The first-order chi connectivity index (χ1) is 9.28. The lowest BCUT2D eigenvalue weighted by atomic mass is 10.0. The van der Waals surface area contributed by atoms with E-state index < -0.39 is 0 Å². The van der Waals surface area contributed by atoms with E-state index in [9.17, 15) is 4.39 Å². The zero-order chi connectivity index (χ0) is 13.2. The van der Waals surface area contributed by atoms with Crippen molar-refractivity contribution in [3.63, 3.8) is 0 Å². The first-order valence-corrected chi connectivity index (χ1v) is 6.78. The Hall–Kier alpha value is -1.68. The molecule has 1 aromatic heterocycles. The summed E-state index contributed by atoms with van der Waals surface area (Å²) in [6.07, 6.45) is 6.36. The highest BCUT2D eigenvalue weighted by Gasteiger charge is 2.16. The monoisotopic (exact) mass is 259 g/mol. The Balaban J connectivity index is 1.87. The number of benzene rings is 1. The van der Waals surface area contributed by atoms with Gasteiger partial charge in [0.2, 0.25) is 0 Å². The van der Waals surface area contributed by atoms with Gasteiger partial charge in [0.25, 0.3) is 0 Å². The molecule has 1 aliphatic carbocycles. The van der Waals surface area contributed by atoms with Gasteiger partial charge in [0.05, 0.1) is 18.6 Å². The van der Waals surface area contributed by atoms with Crippen molar-refractivity contribution in [2.24, 2.45) is 5.73 Å². The van der Waals surface area contributed by atoms with Crippen LogP contribution in [-0.4, -0.2) is 9.55 Å². The van der Waals surface area contributed by atoms with Crippen LogP contribution in [0.5, 0.6) is 0 Å². The van der Waals surface area contributed by atoms with Gasteiger partial charge in [0, 0.05) is 17.8 Å². The highest BCUT2D eigenvalue weighted by molar-refractivity contribution is 5.26. The second kappa shape index (κ2) is 5.13. The Labute approximate surface area is 112 Å². The number of hydrogen-bond acceptors (Lipinski definition) is 2. The number of aryl methyl sites for hydroxylation is 1. The number of hydrogen-bond donors (Lipinski definition) is 1. The molecule has 1 heterocycles. The maximum Gasteiger partial charge on any atom is 0.128 e. The number of imidazole rings is 1. The molecule has 0 unspecified atom stereocenters. The van der Waals surface area contributed by atoms with Crippen molar-refractivity contribution in [1.82, 2.24) is 9.55 Å². The number of nitrogens with two attached hydrogens (primary N) is 1. The van der Waals surface area contributed by atoms with Crippen LogP contribution in [0.2, 0.25) is 0 Å². The van der Waals surface area contributed by atoms with Crippen LogP contribution in [0.15, 0.2) is 24.5 Å². The van der Waals surface area contributed by atoms with E-state index in [1.807, 2.05) is 18.5 Å². The third-order valence-electron chi connectivity index (χ3n) is 3.80. The summed E-state index contributed by atoms with van der Waals surface area (Å²) in [4.78, 5) is 4.44. The van der Waals surface area contributed by atoms with Gasteiger partial charge in [-0.3, -0.25) is 0 Å². The minimum atomic E-state index is -0.179. The first-order valence-electron chi connectivity index (χ1n) is 6.78. The van der Waals surface area contributed by atoms with Gasteiger partial charge >= 0.3 is 0 Å². The fourth-order valence-electron chi connectivity index (χ4n) is 2.70. The van der Waals surface area contributed by atoms with E-state index in [0.29, 0.717) is 18.7 Å². The zero-order valence-corrected chi connectivity index (χ0v) is 10.9. The Bertz CT molecular complexity index is 589. The minimum absolute atomic E-state index is 0.179. The van der Waals surface area contributed by atoms with Crippen LogP contribution in [0.3, 0.4) is 0 Å². The Morgan fingerprint density at radius 2 is 2.11 bits per heavy atom. The van der Waals surface area contributed by atoms with Gasteiger partial charge in [-0.05, 0) is 37.3 Å². The molecule has 1 aromatic carbocycles. The molecule has 0 saturated carbocycles. The summed E-state index contributed by atoms with van der Waals surface area (Å²) < 4.78 is 16.1. The molecular weight excluding hydrogens is 241 g/mol. The molecule has 4 heteroatoms. The molecule has 0 saturated heterocycles. The Kier molecular flexibility index (Phi) is 3.34. The van der Waals surface area contributed by atoms with Crippen molar-refractivity contribution in [2.45, 2.75) is 38.8 Å². The lowest BCUT2D eigenvalue weighted by Crippen LogP contribution is -2.10. The lowest BCUT2D eigenvalue weighted by molar-refractivity contribution is 0.584. The van der Waals surface area contributed by atoms with Crippen molar-refractivity contribution in [3.05, 3.63) is 52.9 Å². The second-order valence-electron chi connectivity index (χ2n) is 5.10. The highest BCUT2D eigenvalue weighted by Crippen LogP contribution is 2.21. The van der Waals surface area contributed by atoms with E-state index in [1.54, 1.807) is 0 Å². The van der Waals surface area contributed by atoms with Gasteiger partial charge in [-0.1, -0.05) is 12.1 Å². The molecule has 0 radical (unpaired) electrons. The quantitative estimate of drug-likeness (QED) is 0.920. The molecule has 0 bridgehead atoms. The van der Waals surface area contributed by atoms with Crippen LogP contribution < -0.4 is 5.73 Å². The molecule has 2 N–H and O–H groups in total. The van der Waals surface area contributed by atoms with Gasteiger partial charge in [0.15, 0.2) is 0 Å². The third-order valence-corrected chi connectivity index (χ3v) is 3.80. The molecular formula is C15H18FN3. The second-order valence-corrected chi connectivity index (χ2v) is 5.10. The molecule has 1 aliphatic rings. The molecule has 19 heavy (non-hydrogen) atoms. The summed E-state index contributed by atoms with van der Waals surface area (Å²) in [5, 5.41) is 0. The largest absolute Gasteiger partial charge is 0.330 e. The Morgan fingerprint density at radius 1 is 1.26 bits per heavy atom. The molecule has 3 rings (SSSR count). The average molecular weight is 259 g/mol. The normalized spacial score (nSPS) is 14.4. The minimum Gasteiger partial charge on any atom is -0.330 e. The summed E-state index contributed by atoms with van der Waals surface area (Å²) >= 11 is 0. The average Bonchev–Trinajstić information content (AvgIpc) is 2.84. The van der Waals surface area contributed by atoms with Crippen molar-refractivity contribution >= 4 is 0 Å². The van der Waals surface area contributed by atoms with Crippen molar-refractivity contribution < 1.29 is 4.39 Å². The first kappa shape index (κ1) is 12.4. The van der Waals surface area contributed by atoms with Gasteiger partial charge < -0.3 is 10.3 Å². The van der Waals surface area contributed by atoms with E-state index in [0.717, 1.165) is 18.4 Å². The number of fused-ring (bicyclic) bond motifs is 1. The summed E-state index contributed by atoms with van der Waals surface area (Å²) in [7, 11) is 0. The number of halogens is 1. The highest BCUT2D eigenvalue weighted by atomic mass is 19.1. The predicted octanol–water partition coefficient (Wildman–Crippen LogP) is 2.41. The molecule has 100 valence electrons. The summed E-state index contributed by atoms with van der Waals surface area (Å²) in [6, 6.07) is 5.24. The van der Waals surface area contributed by atoms with Crippen LogP contribution in [0.1, 0.15) is 35.4 Å². The lowest BCUT2D eigenvalue weighted by Gasteiger charge is -2.14. The van der Waals surface area contributed by atoms with Crippen molar-refractivity contribution in [3.8, 4) is 0 Å². The van der Waals surface area contributed by atoms with E-state index >= 15 is 0 Å². The van der Waals surface area contributed by atoms with Crippen molar-refractivity contribution in [1.29, 1.82) is 0 Å². The number of rotatable bonds is 3. The third kappa shape index (κ3) is 2.40. The molecule has 0 aliphatic heterocycles. The fourth-order valence-corrected chi connectivity index (χ4v) is 2.70. The summed E-state index contributed by atoms with van der Waals surface area (Å²) in [5.74, 6) is -0.179. The molecule has 0 amide bonds. The zero-order valence-electron chi connectivity index (χ0n) is 10.9. The van der Waals surface area contributed by atoms with E-state index in [-0.39, 0.29) is 5.82 Å².